The van der Waals surface area contributed by atoms with E-state index in [1.165, 1.54) is 14.2 Å². The summed E-state index contributed by atoms with van der Waals surface area (Å²) < 4.78 is 10.3. The molecular formula is C31H22O6. The smallest absolute Gasteiger partial charge is 0.341 e. The molecule has 0 saturated heterocycles. The molecule has 3 aromatic carbocycles. The lowest BCUT2D eigenvalue weighted by molar-refractivity contribution is -0.159. The largest absolute Gasteiger partial charge is 0.468 e. The van der Waals surface area contributed by atoms with Crippen molar-refractivity contribution in [3.63, 3.8) is 0 Å². The zero-order valence-corrected chi connectivity index (χ0v) is 20.2. The van der Waals surface area contributed by atoms with Crippen molar-refractivity contribution in [2.75, 3.05) is 14.2 Å². The Morgan fingerprint density at radius 1 is 0.730 bits per heavy atom. The van der Waals surface area contributed by atoms with Crippen LogP contribution >= 0.6 is 0 Å². The van der Waals surface area contributed by atoms with E-state index in [2.05, 4.69) is 0 Å². The Bertz CT molecular complexity index is 1580. The number of benzene rings is 3. The van der Waals surface area contributed by atoms with Gasteiger partial charge in [-0.3, -0.25) is 14.4 Å². The van der Waals surface area contributed by atoms with Crippen LogP contribution in [0.25, 0.3) is 11.1 Å². The van der Waals surface area contributed by atoms with Crippen molar-refractivity contribution < 1.29 is 28.7 Å². The Kier molecular flexibility index (Phi) is 4.92. The minimum absolute atomic E-state index is 0.221. The molecule has 0 aliphatic heterocycles. The summed E-state index contributed by atoms with van der Waals surface area (Å²) in [4.78, 5) is 55.6. The minimum atomic E-state index is -1.98. The van der Waals surface area contributed by atoms with Crippen LogP contribution in [0.5, 0.6) is 0 Å². The van der Waals surface area contributed by atoms with Gasteiger partial charge in [0.1, 0.15) is 5.57 Å². The van der Waals surface area contributed by atoms with E-state index in [0.717, 1.165) is 5.56 Å². The van der Waals surface area contributed by atoms with E-state index in [1.54, 1.807) is 24.3 Å². The summed E-state index contributed by atoms with van der Waals surface area (Å²) in [6, 6.07) is 25.8. The Labute approximate surface area is 213 Å². The highest BCUT2D eigenvalue weighted by molar-refractivity contribution is 6.41. The first kappa shape index (κ1) is 22.9. The molecule has 0 radical (unpaired) electrons. The van der Waals surface area contributed by atoms with E-state index in [0.29, 0.717) is 33.4 Å². The first-order valence-corrected chi connectivity index (χ1v) is 11.9. The Hall–Kier alpha value is -4.58. The number of carbonyl (C=O) groups is 4. The van der Waals surface area contributed by atoms with Crippen LogP contribution in [-0.2, 0) is 34.1 Å². The molecule has 6 nitrogen and oxygen atoms in total. The lowest BCUT2D eigenvalue weighted by Crippen LogP contribution is -2.51. The van der Waals surface area contributed by atoms with Gasteiger partial charge in [0, 0.05) is 12.0 Å². The summed E-state index contributed by atoms with van der Waals surface area (Å²) >= 11 is 0. The molecule has 182 valence electrons. The highest BCUT2D eigenvalue weighted by Crippen LogP contribution is 2.71. The molecule has 3 aliphatic rings. The molecule has 0 heterocycles. The number of fused-ring (bicyclic) bond motifs is 2. The fraction of sp³-hybridized carbons (Fsp3) is 0.161. The average molecular weight is 491 g/mol. The average Bonchev–Trinajstić information content (AvgIpc) is 3.36. The number of esters is 2. The SMILES string of the molecule is COC(=O)C1=C2c3ccccc3C(c3ccccc3)=C3C(=O)CC(C(=O)OC)(C1=O)[C@]32c1ccccc1. The standard InChI is InChI=1S/C31H22O6/c1-36-28(34)24-25-21-16-10-9-15-20(21)23(18-11-5-3-6-12-18)26-22(32)17-30(27(24)33,29(35)37-2)31(25,26)19-13-7-4-8-14-19/h3-16H,17H2,1-2H3/t30?,31-/m0/s1. The van der Waals surface area contributed by atoms with E-state index in [9.17, 15) is 19.2 Å². The van der Waals surface area contributed by atoms with Gasteiger partial charge in [-0.1, -0.05) is 84.9 Å². The number of ether oxygens (including phenoxy) is 2. The van der Waals surface area contributed by atoms with Gasteiger partial charge in [-0.2, -0.15) is 0 Å². The highest BCUT2D eigenvalue weighted by atomic mass is 16.5. The third kappa shape index (κ3) is 2.59. The molecule has 1 saturated carbocycles. The normalized spacial score (nSPS) is 23.6. The van der Waals surface area contributed by atoms with Crippen LogP contribution in [0.4, 0.5) is 0 Å². The molecule has 2 atom stereocenters. The summed E-state index contributed by atoms with van der Waals surface area (Å²) in [5.41, 5.74) is 0.131. The number of carbonyl (C=O) groups excluding carboxylic acids is 4. The predicted molar refractivity (Wildman–Crippen MR) is 135 cm³/mol. The van der Waals surface area contributed by atoms with E-state index in [4.69, 9.17) is 9.47 Å². The maximum Gasteiger partial charge on any atom is 0.341 e. The van der Waals surface area contributed by atoms with Crippen molar-refractivity contribution in [2.24, 2.45) is 5.41 Å². The Morgan fingerprint density at radius 2 is 1.32 bits per heavy atom. The zero-order chi connectivity index (χ0) is 25.9. The summed E-state index contributed by atoms with van der Waals surface area (Å²) in [5.74, 6) is -2.79. The van der Waals surface area contributed by atoms with Gasteiger partial charge >= 0.3 is 11.9 Å². The van der Waals surface area contributed by atoms with E-state index in [1.807, 2.05) is 60.7 Å². The fourth-order valence-electron chi connectivity index (χ4n) is 6.62. The quantitative estimate of drug-likeness (QED) is 0.311. The van der Waals surface area contributed by atoms with Crippen LogP contribution in [0.3, 0.4) is 0 Å². The molecule has 37 heavy (non-hydrogen) atoms. The van der Waals surface area contributed by atoms with Crippen molar-refractivity contribution >= 4 is 34.7 Å². The van der Waals surface area contributed by atoms with E-state index < -0.39 is 35.0 Å². The molecular weight excluding hydrogens is 468 g/mol. The van der Waals surface area contributed by atoms with Crippen molar-refractivity contribution in [2.45, 2.75) is 11.8 Å². The molecule has 3 aromatic rings. The third-order valence-corrected chi connectivity index (χ3v) is 7.87. The van der Waals surface area contributed by atoms with Crippen molar-refractivity contribution in [1.82, 2.24) is 0 Å². The summed E-state index contributed by atoms with van der Waals surface area (Å²) in [6.45, 7) is 0. The van der Waals surface area contributed by atoms with Crippen LogP contribution in [0, 0.1) is 5.41 Å². The van der Waals surface area contributed by atoms with Crippen molar-refractivity contribution in [3.8, 4) is 0 Å². The maximum atomic E-state index is 14.4. The summed E-state index contributed by atoms with van der Waals surface area (Å²) in [6.07, 6.45) is -0.420. The fourth-order valence-corrected chi connectivity index (χ4v) is 6.62. The van der Waals surface area contributed by atoms with Crippen molar-refractivity contribution in [3.05, 3.63) is 118 Å². The molecule has 1 unspecified atom stereocenters. The van der Waals surface area contributed by atoms with Gasteiger partial charge in [-0.25, -0.2) is 4.79 Å². The molecule has 0 spiro atoms. The number of ketones is 2. The second-order valence-corrected chi connectivity index (χ2v) is 9.35. The Morgan fingerprint density at radius 3 is 1.95 bits per heavy atom. The van der Waals surface area contributed by atoms with Gasteiger partial charge in [0.05, 0.1) is 19.6 Å². The van der Waals surface area contributed by atoms with Gasteiger partial charge in [-0.05, 0) is 33.4 Å². The Balaban J connectivity index is 1.92. The number of allylic oxidation sites excluding steroid dienone is 2. The molecule has 0 amide bonds. The molecule has 3 aliphatic carbocycles. The van der Waals surface area contributed by atoms with Crippen LogP contribution < -0.4 is 0 Å². The van der Waals surface area contributed by atoms with Crippen LogP contribution in [-0.4, -0.2) is 37.7 Å². The second-order valence-electron chi connectivity index (χ2n) is 9.35. The van der Waals surface area contributed by atoms with Crippen molar-refractivity contribution in [1.29, 1.82) is 0 Å². The minimum Gasteiger partial charge on any atom is -0.468 e. The van der Waals surface area contributed by atoms with Gasteiger partial charge in [0.15, 0.2) is 17.0 Å². The van der Waals surface area contributed by atoms with Gasteiger partial charge in [-0.15, -0.1) is 0 Å². The van der Waals surface area contributed by atoms with Gasteiger partial charge in [0.2, 0.25) is 0 Å². The predicted octanol–water partition coefficient (Wildman–Crippen LogP) is 4.08. The molecule has 0 N–H and O–H groups in total. The molecule has 6 rings (SSSR count). The number of hydrogen-bond donors (Lipinski definition) is 0. The zero-order valence-electron chi connectivity index (χ0n) is 20.2. The lowest BCUT2D eigenvalue weighted by Gasteiger charge is -2.44. The number of Topliss-reactive ketones (excluding diaryl/α,β-unsaturated/α-hetero) is 2. The van der Waals surface area contributed by atoms with E-state index in [-0.39, 0.29) is 11.4 Å². The van der Waals surface area contributed by atoms with E-state index >= 15 is 0 Å². The van der Waals surface area contributed by atoms with Crippen LogP contribution in [0.2, 0.25) is 0 Å². The summed E-state index contributed by atoms with van der Waals surface area (Å²) in [7, 11) is 2.39. The highest BCUT2D eigenvalue weighted by Gasteiger charge is 2.78. The monoisotopic (exact) mass is 490 g/mol. The number of rotatable bonds is 4. The summed E-state index contributed by atoms with van der Waals surface area (Å²) in [5, 5.41) is 0. The molecule has 6 heteroatoms. The van der Waals surface area contributed by atoms with Gasteiger partial charge in [0.25, 0.3) is 0 Å². The lowest BCUT2D eigenvalue weighted by atomic mass is 9.55. The maximum absolute atomic E-state index is 14.4. The first-order valence-electron chi connectivity index (χ1n) is 11.9. The number of methoxy groups -OCH3 is 2. The topological polar surface area (TPSA) is 86.7 Å². The third-order valence-electron chi connectivity index (χ3n) is 7.87. The molecule has 0 bridgehead atoms. The molecule has 0 aromatic heterocycles. The number of hydrogen-bond acceptors (Lipinski definition) is 6. The van der Waals surface area contributed by atoms with Gasteiger partial charge < -0.3 is 9.47 Å². The first-order chi connectivity index (χ1) is 17.9. The van der Waals surface area contributed by atoms with Crippen LogP contribution in [0.1, 0.15) is 28.7 Å². The molecule has 1 fully saturated rings. The second kappa shape index (κ2) is 7.96. The van der Waals surface area contributed by atoms with Crippen LogP contribution in [0.15, 0.2) is 96.1 Å².